The highest BCUT2D eigenvalue weighted by Gasteiger charge is 2.33. The zero-order valence-corrected chi connectivity index (χ0v) is 20.6. The Morgan fingerprint density at radius 3 is 2.33 bits per heavy atom. The van der Waals surface area contributed by atoms with Crippen molar-refractivity contribution in [3.8, 4) is 5.88 Å². The first kappa shape index (κ1) is 24.0. The number of hydrogen-bond donors (Lipinski definition) is 0. The molecule has 178 valence electrons. The standard InChI is InChI=1S/C19H20Cl2N4O6S2/c1-32(27,28)24-6-4-23(5-7-24)19(26)13-10-17-18(22-12-13)31-9-8-25(17)33(29,30)14-2-3-15(20)16(21)11-14/h2-3,10-12H,4-9H2,1H3. The number of amides is 1. The molecular formula is C19H20Cl2N4O6S2. The number of halogens is 2. The number of fused-ring (bicyclic) bond motifs is 1. The summed E-state index contributed by atoms with van der Waals surface area (Å²) >= 11 is 11.9. The van der Waals surface area contributed by atoms with Crippen molar-refractivity contribution in [1.82, 2.24) is 14.2 Å². The second-order valence-electron chi connectivity index (χ2n) is 7.50. The molecular weight excluding hydrogens is 515 g/mol. The smallest absolute Gasteiger partial charge is 0.264 e. The zero-order chi connectivity index (χ0) is 24.0. The van der Waals surface area contributed by atoms with E-state index in [1.807, 2.05) is 0 Å². The van der Waals surface area contributed by atoms with Crippen molar-refractivity contribution in [1.29, 1.82) is 0 Å². The first-order valence-electron chi connectivity index (χ1n) is 9.83. The molecule has 1 amide bonds. The maximum absolute atomic E-state index is 13.3. The van der Waals surface area contributed by atoms with Gasteiger partial charge in [0.2, 0.25) is 15.9 Å². The van der Waals surface area contributed by atoms with Crippen LogP contribution in [0, 0.1) is 0 Å². The van der Waals surface area contributed by atoms with E-state index in [0.717, 1.165) is 10.6 Å². The SMILES string of the molecule is CS(=O)(=O)N1CCN(C(=O)c2cnc3c(c2)N(S(=O)(=O)c2ccc(Cl)c(Cl)c2)CCO3)CC1. The molecule has 0 radical (unpaired) electrons. The minimum absolute atomic E-state index is 0.0158. The lowest BCUT2D eigenvalue weighted by molar-refractivity contribution is 0.0697. The first-order valence-corrected chi connectivity index (χ1v) is 13.9. The van der Waals surface area contributed by atoms with Crippen molar-refractivity contribution in [2.75, 3.05) is 49.9 Å². The number of anilines is 1. The molecule has 0 spiro atoms. The van der Waals surface area contributed by atoms with Crippen LogP contribution in [0.5, 0.6) is 5.88 Å². The van der Waals surface area contributed by atoms with Gasteiger partial charge in [-0.2, -0.15) is 4.31 Å². The van der Waals surface area contributed by atoms with Crippen molar-refractivity contribution >= 4 is 54.8 Å². The third-order valence-electron chi connectivity index (χ3n) is 5.35. The Labute approximate surface area is 201 Å². The highest BCUT2D eigenvalue weighted by Crippen LogP contribution is 2.36. The number of ether oxygens (including phenoxy) is 1. The molecule has 0 aliphatic carbocycles. The van der Waals surface area contributed by atoms with E-state index in [2.05, 4.69) is 4.98 Å². The molecule has 2 aliphatic rings. The van der Waals surface area contributed by atoms with E-state index >= 15 is 0 Å². The molecule has 1 fully saturated rings. The quantitative estimate of drug-likeness (QED) is 0.585. The van der Waals surface area contributed by atoms with E-state index in [1.54, 1.807) is 0 Å². The normalized spacial score (nSPS) is 17.4. The van der Waals surface area contributed by atoms with Crippen LogP contribution in [-0.2, 0) is 20.0 Å². The van der Waals surface area contributed by atoms with E-state index in [9.17, 15) is 21.6 Å². The van der Waals surface area contributed by atoms with Gasteiger partial charge in [-0.1, -0.05) is 23.2 Å². The van der Waals surface area contributed by atoms with Gasteiger partial charge in [0.1, 0.15) is 12.3 Å². The zero-order valence-electron chi connectivity index (χ0n) is 17.4. The van der Waals surface area contributed by atoms with Crippen molar-refractivity contribution in [2.24, 2.45) is 0 Å². The predicted octanol–water partition coefficient (Wildman–Crippen LogP) is 1.69. The molecule has 14 heteroatoms. The average Bonchev–Trinajstić information content (AvgIpc) is 2.79. The van der Waals surface area contributed by atoms with E-state index in [4.69, 9.17) is 27.9 Å². The number of piperazine rings is 1. The maximum Gasteiger partial charge on any atom is 0.264 e. The third-order valence-corrected chi connectivity index (χ3v) is 9.21. The fourth-order valence-electron chi connectivity index (χ4n) is 3.61. The molecule has 1 aromatic heterocycles. The van der Waals surface area contributed by atoms with Crippen LogP contribution in [-0.4, -0.2) is 82.5 Å². The predicted molar refractivity (Wildman–Crippen MR) is 123 cm³/mol. The Bertz CT molecular complexity index is 1310. The van der Waals surface area contributed by atoms with Gasteiger partial charge in [-0.15, -0.1) is 0 Å². The molecule has 1 saturated heterocycles. The fourth-order valence-corrected chi connectivity index (χ4v) is 6.27. The van der Waals surface area contributed by atoms with E-state index < -0.39 is 20.0 Å². The number of carbonyl (C=O) groups excluding carboxylic acids is 1. The number of rotatable bonds is 4. The van der Waals surface area contributed by atoms with Crippen LogP contribution >= 0.6 is 23.2 Å². The Morgan fingerprint density at radius 1 is 1.00 bits per heavy atom. The summed E-state index contributed by atoms with van der Waals surface area (Å²) in [6, 6.07) is 5.43. The number of sulfonamides is 2. The van der Waals surface area contributed by atoms with Crippen molar-refractivity contribution < 1.29 is 26.4 Å². The Kier molecular flexibility index (Phi) is 6.49. The van der Waals surface area contributed by atoms with Gasteiger partial charge in [0.25, 0.3) is 15.9 Å². The summed E-state index contributed by atoms with van der Waals surface area (Å²) in [5.74, 6) is -0.292. The molecule has 2 aromatic rings. The lowest BCUT2D eigenvalue weighted by Gasteiger charge is -2.34. The van der Waals surface area contributed by atoms with E-state index in [1.165, 1.54) is 39.7 Å². The topological polar surface area (TPSA) is 117 Å². The highest BCUT2D eigenvalue weighted by molar-refractivity contribution is 7.92. The van der Waals surface area contributed by atoms with Crippen molar-refractivity contribution in [2.45, 2.75) is 4.90 Å². The number of pyridine rings is 1. The largest absolute Gasteiger partial charge is 0.474 e. The molecule has 33 heavy (non-hydrogen) atoms. The Hall–Kier alpha value is -2.12. The molecule has 1 aromatic carbocycles. The van der Waals surface area contributed by atoms with Crippen LogP contribution in [0.3, 0.4) is 0 Å². The summed E-state index contributed by atoms with van der Waals surface area (Å²) in [5.41, 5.74) is 0.300. The van der Waals surface area contributed by atoms with Crippen molar-refractivity contribution in [3.63, 3.8) is 0 Å². The van der Waals surface area contributed by atoms with Crippen molar-refractivity contribution in [3.05, 3.63) is 46.1 Å². The summed E-state index contributed by atoms with van der Waals surface area (Å²) in [5, 5.41) is 0.324. The molecule has 0 unspecified atom stereocenters. The Balaban J connectivity index is 1.62. The number of aromatic nitrogens is 1. The Morgan fingerprint density at radius 2 is 1.70 bits per heavy atom. The molecule has 2 aliphatic heterocycles. The second-order valence-corrected chi connectivity index (χ2v) is 12.2. The molecule has 0 N–H and O–H groups in total. The van der Waals surface area contributed by atoms with Crippen LogP contribution < -0.4 is 9.04 Å². The van der Waals surface area contributed by atoms with E-state index in [-0.39, 0.29) is 77.3 Å². The maximum atomic E-state index is 13.3. The summed E-state index contributed by atoms with van der Waals surface area (Å²) in [7, 11) is -7.37. The minimum atomic E-state index is -4.03. The molecule has 4 rings (SSSR count). The third kappa shape index (κ3) is 4.76. The van der Waals surface area contributed by atoms with E-state index in [0.29, 0.717) is 0 Å². The van der Waals surface area contributed by atoms with Gasteiger partial charge in [0, 0.05) is 32.4 Å². The van der Waals surface area contributed by atoms with Gasteiger partial charge in [0.05, 0.1) is 33.3 Å². The summed E-state index contributed by atoms with van der Waals surface area (Å²) in [4.78, 5) is 18.6. The van der Waals surface area contributed by atoms with Crippen LogP contribution in [0.4, 0.5) is 5.69 Å². The average molecular weight is 535 g/mol. The molecule has 0 saturated carbocycles. The monoisotopic (exact) mass is 534 g/mol. The first-order chi connectivity index (χ1) is 15.5. The lowest BCUT2D eigenvalue weighted by Crippen LogP contribution is -2.50. The van der Waals surface area contributed by atoms with Gasteiger partial charge in [-0.25, -0.2) is 21.8 Å². The summed E-state index contributed by atoms with van der Waals surface area (Å²) < 4.78 is 57.9. The van der Waals surface area contributed by atoms with Crippen LogP contribution in [0.15, 0.2) is 35.4 Å². The molecule has 10 nitrogen and oxygen atoms in total. The number of nitrogens with zero attached hydrogens (tertiary/aromatic N) is 4. The molecule has 0 atom stereocenters. The van der Waals surface area contributed by atoms with Crippen LogP contribution in [0.1, 0.15) is 10.4 Å². The summed E-state index contributed by atoms with van der Waals surface area (Å²) in [6.45, 7) is 0.895. The minimum Gasteiger partial charge on any atom is -0.474 e. The fraction of sp³-hybridized carbons (Fsp3) is 0.368. The van der Waals surface area contributed by atoms with Crippen LogP contribution in [0.2, 0.25) is 10.0 Å². The van der Waals surface area contributed by atoms with Gasteiger partial charge in [-0.3, -0.25) is 9.10 Å². The number of carbonyl (C=O) groups is 1. The van der Waals surface area contributed by atoms with Crippen LogP contribution in [0.25, 0.3) is 0 Å². The van der Waals surface area contributed by atoms with Gasteiger partial charge in [0.15, 0.2) is 0 Å². The lowest BCUT2D eigenvalue weighted by atomic mass is 10.2. The van der Waals surface area contributed by atoms with Gasteiger partial charge < -0.3 is 9.64 Å². The molecule has 3 heterocycles. The van der Waals surface area contributed by atoms with Gasteiger partial charge >= 0.3 is 0 Å². The summed E-state index contributed by atoms with van der Waals surface area (Å²) in [6.07, 6.45) is 2.44. The number of benzene rings is 1. The second kappa shape index (κ2) is 8.91. The highest BCUT2D eigenvalue weighted by atomic mass is 35.5. The number of hydrogen-bond acceptors (Lipinski definition) is 7. The molecule has 0 bridgehead atoms. The van der Waals surface area contributed by atoms with Gasteiger partial charge in [-0.05, 0) is 24.3 Å².